The van der Waals surface area contributed by atoms with Crippen LogP contribution in [0.2, 0.25) is 0 Å². The summed E-state index contributed by atoms with van der Waals surface area (Å²) in [5.41, 5.74) is 25.6. The lowest BCUT2D eigenvalue weighted by molar-refractivity contribution is 0.954. The van der Waals surface area contributed by atoms with Crippen molar-refractivity contribution >= 4 is 11.4 Å². The molecule has 2 heteroatoms. The van der Waals surface area contributed by atoms with E-state index in [0.29, 0.717) is 0 Å². The van der Waals surface area contributed by atoms with Crippen molar-refractivity contribution in [3.8, 4) is 11.1 Å². The molecule has 33 heavy (non-hydrogen) atoms. The molecule has 0 bridgehead atoms. The Labute approximate surface area is 198 Å². The van der Waals surface area contributed by atoms with Crippen LogP contribution in [0.3, 0.4) is 0 Å². The molecule has 0 aromatic heterocycles. The standard InChI is InChI=1S/C31H34N2/c1-5-22-18-27(16-20(3)30(22)32)29(28-17-21(4)31(33)23(6-2)19-28)26-14-12-25(13-15-26)24-10-8-7-9-11-24/h7-19,29H,5-6,32-33H2,1-4H3. The Kier molecular flexibility index (Phi) is 6.55. The number of hydrogen-bond acceptors (Lipinski definition) is 2. The minimum absolute atomic E-state index is 0.115. The SMILES string of the molecule is CCc1cc(C(c2ccc(-c3ccccc3)cc2)c2cc(C)c(N)c(CC)c2)cc(C)c1N. The molecular weight excluding hydrogens is 400 g/mol. The molecule has 0 amide bonds. The Hall–Kier alpha value is -3.52. The molecule has 0 heterocycles. The maximum Gasteiger partial charge on any atom is 0.0376 e. The van der Waals surface area contributed by atoms with Crippen molar-refractivity contribution in [3.05, 3.63) is 118 Å². The van der Waals surface area contributed by atoms with E-state index in [1.807, 2.05) is 0 Å². The van der Waals surface area contributed by atoms with Crippen LogP contribution in [-0.2, 0) is 12.8 Å². The maximum absolute atomic E-state index is 6.40. The summed E-state index contributed by atoms with van der Waals surface area (Å²) in [5.74, 6) is 0.115. The molecular formula is C31H34N2. The fourth-order valence-electron chi connectivity index (χ4n) is 4.80. The van der Waals surface area contributed by atoms with Crippen molar-refractivity contribution in [2.24, 2.45) is 0 Å². The molecule has 0 unspecified atom stereocenters. The van der Waals surface area contributed by atoms with E-state index in [4.69, 9.17) is 11.5 Å². The monoisotopic (exact) mass is 434 g/mol. The molecule has 4 aromatic carbocycles. The lowest BCUT2D eigenvalue weighted by atomic mass is 9.81. The van der Waals surface area contributed by atoms with E-state index in [2.05, 4.69) is 107 Å². The van der Waals surface area contributed by atoms with E-state index in [1.165, 1.54) is 38.9 Å². The molecule has 0 atom stereocenters. The van der Waals surface area contributed by atoms with Crippen LogP contribution in [0.15, 0.2) is 78.9 Å². The third-order valence-electron chi connectivity index (χ3n) is 6.77. The Balaban J connectivity index is 1.89. The number of hydrogen-bond donors (Lipinski definition) is 2. The Morgan fingerprint density at radius 1 is 0.576 bits per heavy atom. The lowest BCUT2D eigenvalue weighted by Crippen LogP contribution is -2.09. The highest BCUT2D eigenvalue weighted by Gasteiger charge is 2.21. The zero-order chi connectivity index (χ0) is 23.5. The second-order valence-electron chi connectivity index (χ2n) is 8.95. The first kappa shape index (κ1) is 22.7. The third kappa shape index (κ3) is 4.52. The molecule has 4 aromatic rings. The van der Waals surface area contributed by atoms with Crippen LogP contribution in [-0.4, -0.2) is 0 Å². The maximum atomic E-state index is 6.40. The quantitative estimate of drug-likeness (QED) is 0.245. The number of nitrogens with two attached hydrogens (primary N) is 2. The van der Waals surface area contributed by atoms with Crippen molar-refractivity contribution in [1.29, 1.82) is 0 Å². The molecule has 0 fully saturated rings. The van der Waals surface area contributed by atoms with Crippen LogP contribution in [0.5, 0.6) is 0 Å². The average Bonchev–Trinajstić information content (AvgIpc) is 2.84. The predicted molar refractivity (Wildman–Crippen MR) is 143 cm³/mol. The molecule has 0 aliphatic rings. The normalized spacial score (nSPS) is 11.2. The minimum Gasteiger partial charge on any atom is -0.398 e. The fourth-order valence-corrected chi connectivity index (χ4v) is 4.80. The van der Waals surface area contributed by atoms with Crippen LogP contribution in [0, 0.1) is 13.8 Å². The van der Waals surface area contributed by atoms with Crippen LogP contribution < -0.4 is 11.5 Å². The molecule has 0 aliphatic carbocycles. The van der Waals surface area contributed by atoms with Crippen LogP contribution in [0.4, 0.5) is 11.4 Å². The summed E-state index contributed by atoms with van der Waals surface area (Å²) in [7, 11) is 0. The summed E-state index contributed by atoms with van der Waals surface area (Å²) >= 11 is 0. The van der Waals surface area contributed by atoms with Gasteiger partial charge in [0.2, 0.25) is 0 Å². The number of aryl methyl sites for hydroxylation is 4. The Morgan fingerprint density at radius 3 is 1.48 bits per heavy atom. The second-order valence-corrected chi connectivity index (χ2v) is 8.95. The third-order valence-corrected chi connectivity index (χ3v) is 6.77. The smallest absolute Gasteiger partial charge is 0.0376 e. The van der Waals surface area contributed by atoms with Gasteiger partial charge in [-0.3, -0.25) is 0 Å². The van der Waals surface area contributed by atoms with E-state index in [0.717, 1.165) is 35.3 Å². The summed E-state index contributed by atoms with van der Waals surface area (Å²) in [6, 6.07) is 28.6. The molecule has 0 radical (unpaired) electrons. The van der Waals surface area contributed by atoms with Gasteiger partial charge in [0.1, 0.15) is 0 Å². The van der Waals surface area contributed by atoms with Crippen molar-refractivity contribution < 1.29 is 0 Å². The first-order valence-corrected chi connectivity index (χ1v) is 11.9. The highest BCUT2D eigenvalue weighted by molar-refractivity contribution is 5.65. The van der Waals surface area contributed by atoms with E-state index < -0.39 is 0 Å². The molecule has 0 spiro atoms. The number of anilines is 2. The first-order chi connectivity index (χ1) is 15.9. The van der Waals surface area contributed by atoms with Crippen molar-refractivity contribution in [2.75, 3.05) is 11.5 Å². The highest BCUT2D eigenvalue weighted by Crippen LogP contribution is 2.37. The van der Waals surface area contributed by atoms with Crippen LogP contribution in [0.25, 0.3) is 11.1 Å². The molecule has 168 valence electrons. The Morgan fingerprint density at radius 2 is 1.03 bits per heavy atom. The summed E-state index contributed by atoms with van der Waals surface area (Å²) in [4.78, 5) is 0. The summed E-state index contributed by atoms with van der Waals surface area (Å²) in [6.07, 6.45) is 1.84. The predicted octanol–water partition coefficient (Wildman–Crippen LogP) is 7.44. The zero-order valence-corrected chi connectivity index (χ0v) is 20.2. The van der Waals surface area contributed by atoms with E-state index in [1.54, 1.807) is 0 Å². The molecule has 4 N–H and O–H groups in total. The summed E-state index contributed by atoms with van der Waals surface area (Å²) in [5, 5.41) is 0. The number of benzene rings is 4. The van der Waals surface area contributed by atoms with Gasteiger partial charge in [0.25, 0.3) is 0 Å². The second kappa shape index (κ2) is 9.54. The van der Waals surface area contributed by atoms with E-state index >= 15 is 0 Å². The van der Waals surface area contributed by atoms with Gasteiger partial charge in [0.15, 0.2) is 0 Å². The molecule has 0 saturated heterocycles. The van der Waals surface area contributed by atoms with Gasteiger partial charge in [-0.1, -0.05) is 92.7 Å². The van der Waals surface area contributed by atoms with Gasteiger partial charge in [-0.15, -0.1) is 0 Å². The topological polar surface area (TPSA) is 52.0 Å². The summed E-state index contributed by atoms with van der Waals surface area (Å²) < 4.78 is 0. The molecule has 4 rings (SSSR count). The van der Waals surface area contributed by atoms with Gasteiger partial charge >= 0.3 is 0 Å². The minimum atomic E-state index is 0.115. The zero-order valence-electron chi connectivity index (χ0n) is 20.2. The van der Waals surface area contributed by atoms with Crippen molar-refractivity contribution in [1.82, 2.24) is 0 Å². The lowest BCUT2D eigenvalue weighted by Gasteiger charge is -2.23. The Bertz CT molecular complexity index is 1200. The largest absolute Gasteiger partial charge is 0.398 e. The van der Waals surface area contributed by atoms with Crippen LogP contribution in [0.1, 0.15) is 58.7 Å². The van der Waals surface area contributed by atoms with Gasteiger partial charge in [0.05, 0.1) is 0 Å². The van der Waals surface area contributed by atoms with Gasteiger partial charge < -0.3 is 11.5 Å². The van der Waals surface area contributed by atoms with Gasteiger partial charge in [0, 0.05) is 17.3 Å². The van der Waals surface area contributed by atoms with Gasteiger partial charge in [-0.2, -0.15) is 0 Å². The van der Waals surface area contributed by atoms with E-state index in [9.17, 15) is 0 Å². The van der Waals surface area contributed by atoms with Crippen molar-refractivity contribution in [3.63, 3.8) is 0 Å². The summed E-state index contributed by atoms with van der Waals surface area (Å²) in [6.45, 7) is 8.56. The van der Waals surface area contributed by atoms with Crippen LogP contribution >= 0.6 is 0 Å². The number of rotatable bonds is 6. The molecule has 0 aliphatic heterocycles. The van der Waals surface area contributed by atoms with E-state index in [-0.39, 0.29) is 5.92 Å². The van der Waals surface area contributed by atoms with Crippen molar-refractivity contribution in [2.45, 2.75) is 46.5 Å². The molecule has 2 nitrogen and oxygen atoms in total. The highest BCUT2D eigenvalue weighted by atomic mass is 14.6. The van der Waals surface area contributed by atoms with Gasteiger partial charge in [-0.25, -0.2) is 0 Å². The average molecular weight is 435 g/mol. The fraction of sp³-hybridized carbons (Fsp3) is 0.226. The molecule has 0 saturated carbocycles. The number of nitrogen functional groups attached to an aromatic ring is 2. The first-order valence-electron chi connectivity index (χ1n) is 11.9. The van der Waals surface area contributed by atoms with Gasteiger partial charge in [-0.05, 0) is 76.8 Å².